The van der Waals surface area contributed by atoms with Crippen molar-refractivity contribution in [1.29, 1.82) is 0 Å². The van der Waals surface area contributed by atoms with Crippen LogP contribution in [0.15, 0.2) is 88.8 Å². The summed E-state index contributed by atoms with van der Waals surface area (Å²) in [4.78, 5) is 30.4. The Kier molecular flexibility index (Phi) is 6.37. The zero-order valence-corrected chi connectivity index (χ0v) is 18.1. The maximum atomic E-state index is 12.8. The van der Waals surface area contributed by atoms with Crippen LogP contribution in [0.2, 0.25) is 0 Å². The molecular weight excluding hydrogens is 424 g/mol. The molecule has 0 unspecified atom stereocenters. The second-order valence-corrected chi connectivity index (χ2v) is 8.04. The molecular formula is C25H20N2O4S. The minimum Gasteiger partial charge on any atom is -0.488 e. The highest BCUT2D eigenvalue weighted by Crippen LogP contribution is 2.34. The van der Waals surface area contributed by atoms with E-state index in [1.54, 1.807) is 37.4 Å². The number of carbonyl (C=O) groups excluding carboxylic acids is 1. The normalized spacial score (nSPS) is 16.0. The van der Waals surface area contributed by atoms with E-state index in [-0.39, 0.29) is 18.1 Å². The van der Waals surface area contributed by atoms with Gasteiger partial charge in [-0.05, 0) is 53.7 Å². The average Bonchev–Trinajstić information content (AvgIpc) is 3.07. The van der Waals surface area contributed by atoms with Crippen LogP contribution >= 0.6 is 11.8 Å². The minimum absolute atomic E-state index is 0.122. The summed E-state index contributed by atoms with van der Waals surface area (Å²) >= 11 is 1.32. The molecule has 7 heteroatoms. The lowest BCUT2D eigenvalue weighted by molar-refractivity contribution is -0.121. The molecule has 0 atom stereocenters. The number of carboxylic acid groups (broad SMARTS) is 1. The summed E-state index contributed by atoms with van der Waals surface area (Å²) in [6, 6.07) is 23.5. The molecule has 0 bridgehead atoms. The Labute approximate surface area is 189 Å². The molecule has 1 aliphatic heterocycles. The van der Waals surface area contributed by atoms with Gasteiger partial charge in [0, 0.05) is 12.6 Å². The summed E-state index contributed by atoms with van der Waals surface area (Å²) in [5, 5.41) is 9.63. The van der Waals surface area contributed by atoms with Crippen molar-refractivity contribution in [3.63, 3.8) is 0 Å². The van der Waals surface area contributed by atoms with Crippen LogP contribution in [-0.4, -0.2) is 34.1 Å². The summed E-state index contributed by atoms with van der Waals surface area (Å²) in [6.07, 6.45) is 1.81. The van der Waals surface area contributed by atoms with E-state index in [9.17, 15) is 9.59 Å². The molecule has 0 aromatic heterocycles. The molecule has 1 N–H and O–H groups in total. The third-order valence-electron chi connectivity index (χ3n) is 4.79. The van der Waals surface area contributed by atoms with Crippen molar-refractivity contribution in [3.05, 3.63) is 100 Å². The first-order valence-electron chi connectivity index (χ1n) is 9.86. The highest BCUT2D eigenvalue weighted by molar-refractivity contribution is 8.18. The van der Waals surface area contributed by atoms with Gasteiger partial charge in [0.2, 0.25) is 0 Å². The Bertz CT molecular complexity index is 1200. The van der Waals surface area contributed by atoms with E-state index in [1.807, 2.05) is 54.6 Å². The zero-order valence-electron chi connectivity index (χ0n) is 17.3. The molecule has 1 aliphatic rings. The maximum Gasteiger partial charge on any atom is 0.335 e. The Morgan fingerprint density at radius 1 is 1.03 bits per heavy atom. The number of hydrogen-bond donors (Lipinski definition) is 1. The molecule has 32 heavy (non-hydrogen) atoms. The number of thioether (sulfide) groups is 1. The fourth-order valence-corrected chi connectivity index (χ4v) is 4.02. The van der Waals surface area contributed by atoms with Crippen LogP contribution in [-0.2, 0) is 11.4 Å². The van der Waals surface area contributed by atoms with Crippen molar-refractivity contribution in [2.24, 2.45) is 4.99 Å². The number of nitrogens with zero attached hydrogens (tertiary/aromatic N) is 2. The molecule has 1 heterocycles. The van der Waals surface area contributed by atoms with E-state index < -0.39 is 5.97 Å². The van der Waals surface area contributed by atoms with Gasteiger partial charge in [0.25, 0.3) is 5.91 Å². The van der Waals surface area contributed by atoms with Crippen molar-refractivity contribution < 1.29 is 19.4 Å². The van der Waals surface area contributed by atoms with Crippen molar-refractivity contribution in [2.45, 2.75) is 6.61 Å². The Hall–Kier alpha value is -3.84. The standard InChI is InChI=1S/C25H20N2O4S/c1-27-23(28)22(32-25(27)26-20-8-3-2-4-9-20)15-19-7-5-6-10-21(19)31-16-17-11-13-18(14-12-17)24(29)30/h2-15H,16H2,1H3,(H,29,30)/b22-15-,26-25?. The van der Waals surface area contributed by atoms with Gasteiger partial charge in [-0.15, -0.1) is 0 Å². The first kappa shape index (κ1) is 21.4. The van der Waals surface area contributed by atoms with Crippen molar-refractivity contribution in [1.82, 2.24) is 4.90 Å². The lowest BCUT2D eigenvalue weighted by Gasteiger charge is -2.10. The van der Waals surface area contributed by atoms with Gasteiger partial charge < -0.3 is 9.84 Å². The van der Waals surface area contributed by atoms with Crippen LogP contribution in [0.25, 0.3) is 6.08 Å². The highest BCUT2D eigenvalue weighted by Gasteiger charge is 2.30. The Morgan fingerprint density at radius 2 is 1.72 bits per heavy atom. The topological polar surface area (TPSA) is 79.2 Å². The number of amides is 1. The molecule has 6 nitrogen and oxygen atoms in total. The number of amidine groups is 1. The van der Waals surface area contributed by atoms with Gasteiger partial charge in [0.1, 0.15) is 12.4 Å². The smallest absolute Gasteiger partial charge is 0.335 e. The number of ether oxygens (including phenoxy) is 1. The van der Waals surface area contributed by atoms with Crippen LogP contribution in [0, 0.1) is 0 Å². The van der Waals surface area contributed by atoms with E-state index in [0.717, 1.165) is 16.8 Å². The second-order valence-electron chi connectivity index (χ2n) is 7.03. The number of aromatic carboxylic acids is 1. The average molecular weight is 445 g/mol. The van der Waals surface area contributed by atoms with Crippen molar-refractivity contribution in [2.75, 3.05) is 7.05 Å². The van der Waals surface area contributed by atoms with Crippen LogP contribution in [0.3, 0.4) is 0 Å². The number of rotatable bonds is 6. The van der Waals surface area contributed by atoms with Crippen LogP contribution in [0.4, 0.5) is 5.69 Å². The van der Waals surface area contributed by atoms with Gasteiger partial charge >= 0.3 is 5.97 Å². The molecule has 0 aliphatic carbocycles. The van der Waals surface area contributed by atoms with Crippen molar-refractivity contribution in [3.8, 4) is 5.75 Å². The minimum atomic E-state index is -0.965. The van der Waals surface area contributed by atoms with E-state index >= 15 is 0 Å². The molecule has 4 rings (SSSR count). The lowest BCUT2D eigenvalue weighted by Crippen LogP contribution is -2.23. The Balaban J connectivity index is 1.52. The van der Waals surface area contributed by atoms with Crippen LogP contribution < -0.4 is 4.74 Å². The maximum absolute atomic E-state index is 12.8. The number of carbonyl (C=O) groups is 2. The molecule has 0 saturated carbocycles. The van der Waals surface area contributed by atoms with Crippen LogP contribution in [0.1, 0.15) is 21.5 Å². The quantitative estimate of drug-likeness (QED) is 0.529. The van der Waals surface area contributed by atoms with E-state index in [2.05, 4.69) is 4.99 Å². The number of likely N-dealkylation sites (N-methyl/N-ethyl adjacent to an activating group) is 1. The fourth-order valence-electron chi connectivity index (χ4n) is 3.04. The highest BCUT2D eigenvalue weighted by atomic mass is 32.2. The number of benzene rings is 3. The summed E-state index contributed by atoms with van der Waals surface area (Å²) in [7, 11) is 1.71. The largest absolute Gasteiger partial charge is 0.488 e. The number of para-hydroxylation sites is 2. The third-order valence-corrected chi connectivity index (χ3v) is 5.85. The van der Waals surface area contributed by atoms with Gasteiger partial charge in [0.05, 0.1) is 16.2 Å². The zero-order chi connectivity index (χ0) is 22.5. The molecule has 0 spiro atoms. The summed E-state index contributed by atoms with van der Waals surface area (Å²) < 4.78 is 5.96. The summed E-state index contributed by atoms with van der Waals surface area (Å²) in [5.74, 6) is -0.455. The fraction of sp³-hybridized carbons (Fsp3) is 0.0800. The predicted molar refractivity (Wildman–Crippen MR) is 126 cm³/mol. The molecule has 160 valence electrons. The number of aliphatic imine (C=N–C) groups is 1. The summed E-state index contributed by atoms with van der Waals surface area (Å²) in [6.45, 7) is 0.280. The van der Waals surface area contributed by atoms with E-state index in [4.69, 9.17) is 9.84 Å². The van der Waals surface area contributed by atoms with Crippen LogP contribution in [0.5, 0.6) is 5.75 Å². The predicted octanol–water partition coefficient (Wildman–Crippen LogP) is 5.20. The van der Waals surface area contributed by atoms with Gasteiger partial charge in [-0.2, -0.15) is 0 Å². The second kappa shape index (κ2) is 9.53. The number of carboxylic acids is 1. The van der Waals surface area contributed by atoms with Crippen molar-refractivity contribution >= 4 is 40.6 Å². The molecule has 3 aromatic rings. The first-order valence-corrected chi connectivity index (χ1v) is 10.7. The van der Waals surface area contributed by atoms with E-state index in [1.165, 1.54) is 16.7 Å². The Morgan fingerprint density at radius 3 is 2.44 bits per heavy atom. The van der Waals surface area contributed by atoms with Gasteiger partial charge in [-0.1, -0.05) is 48.5 Å². The molecule has 1 fully saturated rings. The molecule has 1 amide bonds. The lowest BCUT2D eigenvalue weighted by atomic mass is 10.1. The van der Waals surface area contributed by atoms with Gasteiger partial charge in [-0.3, -0.25) is 9.69 Å². The molecule has 3 aromatic carbocycles. The number of hydrogen-bond acceptors (Lipinski definition) is 5. The first-order chi connectivity index (χ1) is 15.5. The molecule has 1 saturated heterocycles. The van der Waals surface area contributed by atoms with Gasteiger partial charge in [0.15, 0.2) is 5.17 Å². The summed E-state index contributed by atoms with van der Waals surface area (Å²) in [5.41, 5.74) is 2.64. The third kappa shape index (κ3) is 4.90. The van der Waals surface area contributed by atoms with E-state index in [0.29, 0.717) is 15.8 Å². The van der Waals surface area contributed by atoms with Gasteiger partial charge in [-0.25, -0.2) is 9.79 Å². The SMILES string of the molecule is CN1C(=O)/C(=C/c2ccccc2OCc2ccc(C(=O)O)cc2)SC1=Nc1ccccc1. The molecule has 0 radical (unpaired) electrons. The monoisotopic (exact) mass is 444 g/mol.